The molecule has 0 aliphatic rings. The number of benzene rings is 2. The molecule has 0 atom stereocenters. The predicted molar refractivity (Wildman–Crippen MR) is 82.4 cm³/mol. The maximum atomic E-state index is 12.9. The van der Waals surface area contributed by atoms with Gasteiger partial charge in [0.25, 0.3) is 0 Å². The van der Waals surface area contributed by atoms with Crippen molar-refractivity contribution in [2.24, 2.45) is 4.99 Å². The van der Waals surface area contributed by atoms with Gasteiger partial charge in [0.15, 0.2) is 0 Å². The molecule has 0 aliphatic heterocycles. The molecule has 22 heavy (non-hydrogen) atoms. The van der Waals surface area contributed by atoms with Crippen LogP contribution in [-0.4, -0.2) is 10.8 Å². The fourth-order valence-corrected chi connectivity index (χ4v) is 2.22. The number of fused-ring (bicyclic) bond motifs is 1. The van der Waals surface area contributed by atoms with E-state index in [4.69, 9.17) is 4.42 Å². The number of rotatable bonds is 2. The van der Waals surface area contributed by atoms with Crippen LogP contribution in [0.2, 0.25) is 0 Å². The average Bonchev–Trinajstić information content (AvgIpc) is 2.49. The fraction of sp³-hybridized carbons (Fsp3) is 0.0588. The minimum absolute atomic E-state index is 0.00280. The minimum atomic E-state index is -0.667. The van der Waals surface area contributed by atoms with E-state index in [9.17, 15) is 14.3 Å². The first-order valence-electron chi connectivity index (χ1n) is 6.62. The van der Waals surface area contributed by atoms with Crippen LogP contribution in [0.1, 0.15) is 12.5 Å². The van der Waals surface area contributed by atoms with Gasteiger partial charge in [-0.3, -0.25) is 4.99 Å². The van der Waals surface area contributed by atoms with Crippen LogP contribution in [0.3, 0.4) is 0 Å². The highest BCUT2D eigenvalue weighted by Gasteiger charge is 2.16. The number of hydrogen-bond donors (Lipinski definition) is 1. The summed E-state index contributed by atoms with van der Waals surface area (Å²) in [5, 5.41) is 10.8. The van der Waals surface area contributed by atoms with Crippen molar-refractivity contribution in [3.63, 3.8) is 0 Å². The summed E-state index contributed by atoms with van der Waals surface area (Å²) >= 11 is 0. The molecule has 3 aromatic rings. The van der Waals surface area contributed by atoms with Crippen LogP contribution in [-0.2, 0) is 0 Å². The van der Waals surface area contributed by atoms with Gasteiger partial charge in [0.1, 0.15) is 22.7 Å². The van der Waals surface area contributed by atoms with Gasteiger partial charge >= 0.3 is 5.63 Å². The van der Waals surface area contributed by atoms with E-state index < -0.39 is 5.63 Å². The van der Waals surface area contributed by atoms with Crippen molar-refractivity contribution in [1.29, 1.82) is 0 Å². The Kier molecular flexibility index (Phi) is 3.47. The Labute approximate surface area is 125 Å². The first-order chi connectivity index (χ1) is 10.6. The van der Waals surface area contributed by atoms with Crippen LogP contribution in [0, 0.1) is 5.82 Å². The maximum absolute atomic E-state index is 12.9. The van der Waals surface area contributed by atoms with Gasteiger partial charge in [-0.2, -0.15) is 0 Å². The van der Waals surface area contributed by atoms with Gasteiger partial charge in [-0.1, -0.05) is 12.1 Å². The molecular weight excluding hydrogens is 285 g/mol. The zero-order valence-corrected chi connectivity index (χ0v) is 11.7. The summed E-state index contributed by atoms with van der Waals surface area (Å²) in [7, 11) is 0. The lowest BCUT2D eigenvalue weighted by Crippen LogP contribution is -2.12. The standard InChI is InChI=1S/C17H12FNO3/c1-10(19-12-8-6-11(18)7-9-12)15-16(20)13-4-2-3-5-14(13)22-17(15)21/h2-9,20H,1H3. The summed E-state index contributed by atoms with van der Waals surface area (Å²) in [6.45, 7) is 1.59. The Balaban J connectivity index is 2.17. The quantitative estimate of drug-likeness (QED) is 0.578. The molecule has 4 nitrogen and oxygen atoms in total. The summed E-state index contributed by atoms with van der Waals surface area (Å²) in [6.07, 6.45) is 0. The van der Waals surface area contributed by atoms with Gasteiger partial charge in [-0.05, 0) is 43.3 Å². The smallest absolute Gasteiger partial charge is 0.349 e. The number of aliphatic imine (C=N–C) groups is 1. The molecule has 0 bridgehead atoms. The van der Waals surface area contributed by atoms with Crippen LogP contribution in [0.15, 0.2) is 62.7 Å². The zero-order chi connectivity index (χ0) is 15.7. The van der Waals surface area contributed by atoms with E-state index >= 15 is 0 Å². The van der Waals surface area contributed by atoms with Crippen molar-refractivity contribution in [2.45, 2.75) is 6.92 Å². The second-order valence-corrected chi connectivity index (χ2v) is 4.78. The zero-order valence-electron chi connectivity index (χ0n) is 11.7. The van der Waals surface area contributed by atoms with Gasteiger partial charge in [0.2, 0.25) is 0 Å². The molecule has 1 heterocycles. The lowest BCUT2D eigenvalue weighted by molar-refractivity contribution is 0.466. The summed E-state index contributed by atoms with van der Waals surface area (Å²) in [6, 6.07) is 12.2. The van der Waals surface area contributed by atoms with Crippen molar-refractivity contribution < 1.29 is 13.9 Å². The Morgan fingerprint density at radius 2 is 1.82 bits per heavy atom. The van der Waals surface area contributed by atoms with Crippen molar-refractivity contribution in [1.82, 2.24) is 0 Å². The number of halogens is 1. The maximum Gasteiger partial charge on any atom is 0.349 e. The van der Waals surface area contributed by atoms with E-state index in [1.807, 2.05) is 0 Å². The van der Waals surface area contributed by atoms with E-state index in [1.165, 1.54) is 24.3 Å². The van der Waals surface area contributed by atoms with Gasteiger partial charge in [-0.25, -0.2) is 9.18 Å². The third-order valence-corrected chi connectivity index (χ3v) is 3.27. The van der Waals surface area contributed by atoms with Crippen LogP contribution in [0.25, 0.3) is 11.0 Å². The molecule has 0 aliphatic carbocycles. The lowest BCUT2D eigenvalue weighted by Gasteiger charge is -2.06. The summed E-state index contributed by atoms with van der Waals surface area (Å²) in [5.74, 6) is -0.542. The SMILES string of the molecule is CC(=Nc1ccc(F)cc1)c1c(O)c2ccccc2oc1=O. The number of hydrogen-bond acceptors (Lipinski definition) is 4. The molecule has 0 spiro atoms. The number of nitrogens with zero attached hydrogens (tertiary/aromatic N) is 1. The van der Waals surface area contributed by atoms with E-state index in [0.717, 1.165) is 0 Å². The van der Waals surface area contributed by atoms with E-state index in [0.29, 0.717) is 22.4 Å². The second-order valence-electron chi connectivity index (χ2n) is 4.78. The van der Waals surface area contributed by atoms with Crippen LogP contribution < -0.4 is 5.63 Å². The van der Waals surface area contributed by atoms with E-state index in [2.05, 4.69) is 4.99 Å². The molecular formula is C17H12FNO3. The predicted octanol–water partition coefficient (Wildman–Crippen LogP) is 3.78. The average molecular weight is 297 g/mol. The Morgan fingerprint density at radius 3 is 2.55 bits per heavy atom. The Bertz CT molecular complexity index is 927. The third-order valence-electron chi connectivity index (χ3n) is 3.27. The Morgan fingerprint density at radius 1 is 1.14 bits per heavy atom. The molecule has 1 N–H and O–H groups in total. The van der Waals surface area contributed by atoms with Crippen molar-refractivity contribution in [2.75, 3.05) is 0 Å². The fourth-order valence-electron chi connectivity index (χ4n) is 2.22. The summed E-state index contributed by atoms with van der Waals surface area (Å²) < 4.78 is 18.1. The molecule has 2 aromatic carbocycles. The number of para-hydroxylation sites is 1. The third kappa shape index (κ3) is 2.48. The highest BCUT2D eigenvalue weighted by atomic mass is 19.1. The molecule has 0 amide bonds. The lowest BCUT2D eigenvalue weighted by atomic mass is 10.1. The van der Waals surface area contributed by atoms with Gasteiger partial charge in [0, 0.05) is 0 Å². The molecule has 0 unspecified atom stereocenters. The topological polar surface area (TPSA) is 62.8 Å². The summed E-state index contributed by atoms with van der Waals surface area (Å²) in [4.78, 5) is 16.3. The highest BCUT2D eigenvalue weighted by molar-refractivity contribution is 6.05. The van der Waals surface area contributed by atoms with Crippen molar-refractivity contribution >= 4 is 22.4 Å². The molecule has 5 heteroatoms. The first kappa shape index (κ1) is 14.0. The van der Waals surface area contributed by atoms with Crippen LogP contribution >= 0.6 is 0 Å². The second kappa shape index (κ2) is 5.44. The monoisotopic (exact) mass is 297 g/mol. The van der Waals surface area contributed by atoms with Crippen molar-refractivity contribution in [3.05, 3.63) is 70.3 Å². The van der Waals surface area contributed by atoms with Gasteiger partial charge < -0.3 is 9.52 Å². The molecule has 0 radical (unpaired) electrons. The Hall–Kier alpha value is -2.95. The number of aromatic hydroxyl groups is 1. The molecule has 0 saturated heterocycles. The molecule has 110 valence electrons. The van der Waals surface area contributed by atoms with Crippen LogP contribution in [0.4, 0.5) is 10.1 Å². The van der Waals surface area contributed by atoms with E-state index in [-0.39, 0.29) is 17.1 Å². The summed E-state index contributed by atoms with van der Waals surface area (Å²) in [5.41, 5.74) is 0.417. The normalized spacial score (nSPS) is 11.8. The van der Waals surface area contributed by atoms with Gasteiger partial charge in [-0.15, -0.1) is 0 Å². The highest BCUT2D eigenvalue weighted by Crippen LogP contribution is 2.27. The van der Waals surface area contributed by atoms with Crippen LogP contribution in [0.5, 0.6) is 5.75 Å². The first-order valence-corrected chi connectivity index (χ1v) is 6.62. The molecule has 0 saturated carbocycles. The van der Waals surface area contributed by atoms with E-state index in [1.54, 1.807) is 31.2 Å². The molecule has 1 aromatic heterocycles. The molecule has 3 rings (SSSR count). The minimum Gasteiger partial charge on any atom is -0.506 e. The largest absolute Gasteiger partial charge is 0.506 e. The van der Waals surface area contributed by atoms with Gasteiger partial charge in [0.05, 0.1) is 16.8 Å². The van der Waals surface area contributed by atoms with Crippen molar-refractivity contribution in [3.8, 4) is 5.75 Å². The molecule has 0 fully saturated rings.